The number of carbonyl (C=O) groups excluding carboxylic acids is 2. The smallest absolute Gasteiger partial charge is 0.273 e. The van der Waals surface area contributed by atoms with Crippen LogP contribution in [0.15, 0.2) is 97.1 Å². The van der Waals surface area contributed by atoms with E-state index >= 15 is 0 Å². The summed E-state index contributed by atoms with van der Waals surface area (Å²) in [7, 11) is 0. The average molecular weight is 451 g/mol. The lowest BCUT2D eigenvalue weighted by molar-refractivity contribution is -0.133. The molecule has 6 nitrogen and oxygen atoms in total. The van der Waals surface area contributed by atoms with Crippen molar-refractivity contribution >= 4 is 11.8 Å². The second-order valence-electron chi connectivity index (χ2n) is 8.76. The maximum atomic E-state index is 13.7. The normalized spacial score (nSPS) is 17.3. The summed E-state index contributed by atoms with van der Waals surface area (Å²) in [6.07, 6.45) is 0. The van der Waals surface area contributed by atoms with Crippen molar-refractivity contribution in [1.29, 1.82) is 0 Å². The fraction of sp³-hybridized carbons (Fsp3) is 0.179. The third-order valence-electron chi connectivity index (χ3n) is 6.34. The number of hydrogen-bond donors (Lipinski definition) is 1. The highest BCUT2D eigenvalue weighted by Crippen LogP contribution is 2.31. The van der Waals surface area contributed by atoms with Crippen LogP contribution in [0.4, 0.5) is 0 Å². The summed E-state index contributed by atoms with van der Waals surface area (Å²) in [5, 5.41) is 7.74. The highest BCUT2D eigenvalue weighted by atomic mass is 16.2. The molecule has 170 valence electrons. The molecule has 2 heterocycles. The zero-order chi connectivity index (χ0) is 23.5. The van der Waals surface area contributed by atoms with E-state index in [1.54, 1.807) is 9.58 Å². The van der Waals surface area contributed by atoms with Crippen molar-refractivity contribution in [3.05, 3.63) is 114 Å². The fourth-order valence-electron chi connectivity index (χ4n) is 4.37. The summed E-state index contributed by atoms with van der Waals surface area (Å²) >= 11 is 0. The van der Waals surface area contributed by atoms with Gasteiger partial charge in [0, 0.05) is 18.7 Å². The van der Waals surface area contributed by atoms with Gasteiger partial charge < -0.3 is 10.2 Å². The predicted molar refractivity (Wildman–Crippen MR) is 131 cm³/mol. The van der Waals surface area contributed by atoms with Crippen molar-refractivity contribution in [3.63, 3.8) is 0 Å². The molecule has 3 aromatic carbocycles. The van der Waals surface area contributed by atoms with Gasteiger partial charge in [0.25, 0.3) is 5.91 Å². The van der Waals surface area contributed by atoms with Crippen LogP contribution in [0.25, 0.3) is 11.3 Å². The largest absolute Gasteiger partial charge is 0.350 e. The minimum absolute atomic E-state index is 0.206. The second-order valence-corrected chi connectivity index (χ2v) is 8.76. The van der Waals surface area contributed by atoms with Crippen molar-refractivity contribution in [1.82, 2.24) is 20.0 Å². The Morgan fingerprint density at radius 2 is 1.50 bits per heavy atom. The summed E-state index contributed by atoms with van der Waals surface area (Å²) < 4.78 is 1.67. The SMILES string of the molecule is CC1(C(=O)NCc2ccccc2)Cn2nc(-c3ccccc3)cc2C(=O)N1Cc1ccccc1. The topological polar surface area (TPSA) is 67.2 Å². The number of aromatic nitrogens is 2. The first-order valence-corrected chi connectivity index (χ1v) is 11.4. The van der Waals surface area contributed by atoms with Gasteiger partial charge in [0.05, 0.1) is 12.2 Å². The van der Waals surface area contributed by atoms with Crippen LogP contribution >= 0.6 is 0 Å². The Bertz CT molecular complexity index is 1300. The van der Waals surface area contributed by atoms with E-state index in [1.165, 1.54) is 0 Å². The molecule has 1 N–H and O–H groups in total. The van der Waals surface area contributed by atoms with E-state index in [0.717, 1.165) is 22.4 Å². The molecule has 0 fully saturated rings. The molecule has 0 saturated heterocycles. The molecule has 2 amide bonds. The number of benzene rings is 3. The van der Waals surface area contributed by atoms with Gasteiger partial charge in [-0.2, -0.15) is 5.10 Å². The second kappa shape index (κ2) is 8.98. The van der Waals surface area contributed by atoms with E-state index in [2.05, 4.69) is 5.32 Å². The number of fused-ring (bicyclic) bond motifs is 1. The number of rotatable bonds is 6. The Morgan fingerprint density at radius 3 is 2.15 bits per heavy atom. The predicted octanol–water partition coefficient (Wildman–Crippen LogP) is 4.28. The van der Waals surface area contributed by atoms with Crippen molar-refractivity contribution < 1.29 is 9.59 Å². The Hall–Kier alpha value is -4.19. The van der Waals surface area contributed by atoms with Crippen molar-refractivity contribution in [2.75, 3.05) is 0 Å². The third-order valence-corrected chi connectivity index (χ3v) is 6.34. The van der Waals surface area contributed by atoms with Crippen LogP contribution in [-0.4, -0.2) is 32.0 Å². The van der Waals surface area contributed by atoms with E-state index in [9.17, 15) is 9.59 Å². The summed E-state index contributed by atoms with van der Waals surface area (Å²) in [5.41, 5.74) is 3.01. The standard InChI is InChI=1S/C28H26N4O2/c1-28(27(34)29-18-21-11-5-2-6-12-21)20-32-25(17-24(30-32)23-15-9-4-10-16-23)26(33)31(28)19-22-13-7-3-8-14-22/h2-17H,18-20H2,1H3,(H,29,34). The molecule has 4 aromatic rings. The Kier molecular flexibility index (Phi) is 5.72. The van der Waals surface area contributed by atoms with Crippen LogP contribution in [0.2, 0.25) is 0 Å². The van der Waals surface area contributed by atoms with E-state index in [-0.39, 0.29) is 18.4 Å². The highest BCUT2D eigenvalue weighted by molar-refractivity contribution is 6.00. The molecule has 0 radical (unpaired) electrons. The quantitative estimate of drug-likeness (QED) is 0.477. The monoisotopic (exact) mass is 450 g/mol. The van der Waals surface area contributed by atoms with Crippen LogP contribution in [0.3, 0.4) is 0 Å². The Labute approximate surface area is 198 Å². The van der Waals surface area contributed by atoms with Crippen molar-refractivity contribution in [2.24, 2.45) is 0 Å². The van der Waals surface area contributed by atoms with Crippen LogP contribution in [-0.2, 0) is 24.4 Å². The number of carbonyl (C=O) groups is 2. The lowest BCUT2D eigenvalue weighted by Crippen LogP contribution is -2.63. The maximum Gasteiger partial charge on any atom is 0.273 e. The summed E-state index contributed by atoms with van der Waals surface area (Å²) in [6, 6.07) is 31.1. The molecular formula is C28H26N4O2. The summed E-state index contributed by atoms with van der Waals surface area (Å²) in [4.78, 5) is 29.0. The number of nitrogens with zero attached hydrogens (tertiary/aromatic N) is 3. The molecular weight excluding hydrogens is 424 g/mol. The Balaban J connectivity index is 1.49. The molecule has 1 unspecified atom stereocenters. The molecule has 1 aliphatic heterocycles. The van der Waals surface area contributed by atoms with Gasteiger partial charge in [-0.3, -0.25) is 14.3 Å². The van der Waals surface area contributed by atoms with Gasteiger partial charge in [-0.1, -0.05) is 91.0 Å². The first-order valence-electron chi connectivity index (χ1n) is 11.4. The first-order chi connectivity index (χ1) is 16.5. The highest BCUT2D eigenvalue weighted by Gasteiger charge is 2.47. The van der Waals surface area contributed by atoms with E-state index in [1.807, 2.05) is 104 Å². The number of amides is 2. The lowest BCUT2D eigenvalue weighted by atomic mass is 9.94. The zero-order valence-corrected chi connectivity index (χ0v) is 19.0. The van der Waals surface area contributed by atoms with Crippen molar-refractivity contribution in [3.8, 4) is 11.3 Å². The van der Waals surface area contributed by atoms with E-state index < -0.39 is 5.54 Å². The Morgan fingerprint density at radius 1 is 0.912 bits per heavy atom. The van der Waals surface area contributed by atoms with E-state index in [0.29, 0.717) is 18.8 Å². The molecule has 0 saturated carbocycles. The third kappa shape index (κ3) is 4.10. The van der Waals surface area contributed by atoms with Gasteiger partial charge in [0.2, 0.25) is 5.91 Å². The fourth-order valence-corrected chi connectivity index (χ4v) is 4.37. The molecule has 1 aliphatic rings. The van der Waals surface area contributed by atoms with Crippen LogP contribution in [0.5, 0.6) is 0 Å². The van der Waals surface area contributed by atoms with Gasteiger partial charge in [-0.05, 0) is 24.1 Å². The van der Waals surface area contributed by atoms with Gasteiger partial charge in [-0.15, -0.1) is 0 Å². The van der Waals surface area contributed by atoms with Crippen molar-refractivity contribution in [2.45, 2.75) is 32.1 Å². The summed E-state index contributed by atoms with van der Waals surface area (Å²) in [6.45, 7) is 2.82. The maximum absolute atomic E-state index is 13.7. The number of hydrogen-bond acceptors (Lipinski definition) is 3. The zero-order valence-electron chi connectivity index (χ0n) is 19.0. The van der Waals surface area contributed by atoms with Crippen LogP contribution in [0.1, 0.15) is 28.5 Å². The molecule has 34 heavy (non-hydrogen) atoms. The van der Waals surface area contributed by atoms with Gasteiger partial charge >= 0.3 is 0 Å². The molecule has 1 aromatic heterocycles. The molecule has 0 spiro atoms. The summed E-state index contributed by atoms with van der Waals surface area (Å²) in [5.74, 6) is -0.412. The molecule has 6 heteroatoms. The van der Waals surface area contributed by atoms with Crippen LogP contribution in [0, 0.1) is 0 Å². The van der Waals surface area contributed by atoms with Gasteiger partial charge in [-0.25, -0.2) is 0 Å². The average Bonchev–Trinajstić information content (AvgIpc) is 3.31. The van der Waals surface area contributed by atoms with Gasteiger partial charge in [0.1, 0.15) is 11.2 Å². The minimum atomic E-state index is -1.10. The van der Waals surface area contributed by atoms with Gasteiger partial charge in [0.15, 0.2) is 0 Å². The molecule has 0 aliphatic carbocycles. The first kappa shape index (κ1) is 21.6. The van der Waals surface area contributed by atoms with Crippen LogP contribution < -0.4 is 5.32 Å². The molecule has 1 atom stereocenters. The van der Waals surface area contributed by atoms with E-state index in [4.69, 9.17) is 5.10 Å². The minimum Gasteiger partial charge on any atom is -0.350 e. The number of nitrogens with one attached hydrogen (secondary N) is 1. The molecule has 5 rings (SSSR count). The lowest BCUT2D eigenvalue weighted by Gasteiger charge is -2.43. The molecule has 0 bridgehead atoms.